The average Bonchev–Trinajstić information content (AvgIpc) is 3.13. The van der Waals surface area contributed by atoms with Crippen molar-refractivity contribution in [2.45, 2.75) is 31.6 Å². The third kappa shape index (κ3) is 5.51. The maximum Gasteiger partial charge on any atom is 0.283 e. The molecule has 3 aromatic carbocycles. The van der Waals surface area contributed by atoms with Gasteiger partial charge in [0.25, 0.3) is 15.9 Å². The molecule has 0 spiro atoms. The summed E-state index contributed by atoms with van der Waals surface area (Å²) in [6, 6.07) is 27.2. The number of nitrogens with zero attached hydrogens (tertiary/aromatic N) is 4. The van der Waals surface area contributed by atoms with Gasteiger partial charge in [0.2, 0.25) is 0 Å². The molecular formula is C30H34N4O3S. The number of anilines is 1. The van der Waals surface area contributed by atoms with Crippen molar-refractivity contribution in [3.05, 3.63) is 96.1 Å². The Kier molecular flexibility index (Phi) is 7.90. The molecule has 0 bridgehead atoms. The molecule has 1 atom stereocenters. The number of hydrogen-bond acceptors (Lipinski definition) is 6. The summed E-state index contributed by atoms with van der Waals surface area (Å²) in [7, 11) is -3.88. The van der Waals surface area contributed by atoms with Crippen LogP contribution in [0.25, 0.3) is 0 Å². The van der Waals surface area contributed by atoms with E-state index in [1.807, 2.05) is 43.3 Å². The van der Waals surface area contributed by atoms with E-state index in [2.05, 4.69) is 39.1 Å². The predicted octanol–water partition coefficient (Wildman–Crippen LogP) is 4.79. The summed E-state index contributed by atoms with van der Waals surface area (Å²) in [6.45, 7) is 6.94. The molecule has 2 aliphatic rings. The fourth-order valence-corrected chi connectivity index (χ4v) is 7.00. The summed E-state index contributed by atoms with van der Waals surface area (Å²) in [5.74, 6) is -0.522. The number of benzene rings is 3. The first-order valence-corrected chi connectivity index (χ1v) is 14.8. The Hall–Kier alpha value is -3.49. The number of amides is 1. The second-order valence-corrected chi connectivity index (χ2v) is 11.8. The normalized spacial score (nSPS) is 20.8. The lowest BCUT2D eigenvalue weighted by Crippen LogP contribution is -2.45. The van der Waals surface area contributed by atoms with E-state index in [0.717, 1.165) is 49.1 Å². The molecule has 0 aromatic heterocycles. The van der Waals surface area contributed by atoms with E-state index in [9.17, 15) is 13.2 Å². The molecule has 0 N–H and O–H groups in total. The van der Waals surface area contributed by atoms with E-state index in [4.69, 9.17) is 0 Å². The van der Waals surface area contributed by atoms with Gasteiger partial charge in [-0.1, -0.05) is 74.0 Å². The van der Waals surface area contributed by atoms with E-state index in [1.54, 1.807) is 24.3 Å². The van der Waals surface area contributed by atoms with E-state index < -0.39 is 21.2 Å². The summed E-state index contributed by atoms with van der Waals surface area (Å²) in [5, 5.41) is -1.09. The van der Waals surface area contributed by atoms with Gasteiger partial charge in [0.1, 0.15) is 5.71 Å². The van der Waals surface area contributed by atoms with E-state index >= 15 is 0 Å². The Labute approximate surface area is 225 Å². The molecule has 0 radical (unpaired) electrons. The second kappa shape index (κ2) is 11.5. The molecular weight excluding hydrogens is 496 g/mol. The van der Waals surface area contributed by atoms with Crippen molar-refractivity contribution in [3.63, 3.8) is 0 Å². The highest BCUT2D eigenvalue weighted by Gasteiger charge is 2.50. The maximum atomic E-state index is 13.4. The van der Waals surface area contributed by atoms with Crippen LogP contribution >= 0.6 is 0 Å². The standard InChI is InChI=1S/C30H34N4O3S/c1-2-3-18-34-30(35)28(29(38(34,36)37)25-12-8-5-9-13-25)31-26-14-16-27(17-15-26)33-21-19-32(20-22-33)23-24-10-6-4-7-11-24/h4-17,29H,2-3,18-23H2,1H3. The van der Waals surface area contributed by atoms with Gasteiger partial charge in [-0.25, -0.2) is 17.7 Å². The first kappa shape index (κ1) is 26.1. The van der Waals surface area contributed by atoms with Crippen molar-refractivity contribution < 1.29 is 13.2 Å². The van der Waals surface area contributed by atoms with Crippen molar-refractivity contribution in [1.29, 1.82) is 0 Å². The summed E-state index contributed by atoms with van der Waals surface area (Å²) in [5.41, 5.74) is 3.63. The number of unbranched alkanes of at least 4 members (excludes halogenated alkanes) is 1. The second-order valence-electron chi connectivity index (χ2n) is 9.83. The number of hydrogen-bond donors (Lipinski definition) is 0. The van der Waals surface area contributed by atoms with Crippen LogP contribution in [0.4, 0.5) is 11.4 Å². The molecule has 2 heterocycles. The topological polar surface area (TPSA) is 73.3 Å². The Morgan fingerprint density at radius 3 is 2.11 bits per heavy atom. The zero-order chi connectivity index (χ0) is 26.5. The number of rotatable bonds is 8. The lowest BCUT2D eigenvalue weighted by Gasteiger charge is -2.36. The van der Waals surface area contributed by atoms with E-state index in [1.165, 1.54) is 5.56 Å². The van der Waals surface area contributed by atoms with Gasteiger partial charge in [-0.05, 0) is 41.8 Å². The van der Waals surface area contributed by atoms with Gasteiger partial charge in [0.15, 0.2) is 5.25 Å². The van der Waals surface area contributed by atoms with Gasteiger partial charge in [-0.15, -0.1) is 0 Å². The van der Waals surface area contributed by atoms with E-state index in [-0.39, 0.29) is 12.3 Å². The fourth-order valence-electron chi connectivity index (χ4n) is 5.10. The van der Waals surface area contributed by atoms with Crippen LogP contribution in [-0.2, 0) is 21.4 Å². The summed E-state index contributed by atoms with van der Waals surface area (Å²) < 4.78 is 27.9. The zero-order valence-corrected chi connectivity index (χ0v) is 22.6. The minimum Gasteiger partial charge on any atom is -0.369 e. The van der Waals surface area contributed by atoms with Gasteiger partial charge < -0.3 is 4.90 Å². The number of aliphatic imine (C=N–C) groups is 1. The molecule has 198 valence electrons. The number of sulfonamides is 1. The highest BCUT2D eigenvalue weighted by atomic mass is 32.2. The SMILES string of the molecule is CCCCN1C(=O)C(=Nc2ccc(N3CCN(Cc4ccccc4)CC3)cc2)C(c2ccccc2)S1(=O)=O. The molecule has 38 heavy (non-hydrogen) atoms. The van der Waals surface area contributed by atoms with Crippen LogP contribution < -0.4 is 4.90 Å². The molecule has 3 aromatic rings. The first-order chi connectivity index (χ1) is 18.5. The summed E-state index contributed by atoms with van der Waals surface area (Å²) in [6.07, 6.45) is 1.41. The number of piperazine rings is 1. The van der Waals surface area contributed by atoms with Crippen LogP contribution in [0.15, 0.2) is 89.9 Å². The summed E-state index contributed by atoms with van der Waals surface area (Å²) >= 11 is 0. The molecule has 2 saturated heterocycles. The fraction of sp³-hybridized carbons (Fsp3) is 0.333. The average molecular weight is 531 g/mol. The van der Waals surface area contributed by atoms with Crippen LogP contribution in [-0.4, -0.2) is 62.0 Å². The Morgan fingerprint density at radius 1 is 0.842 bits per heavy atom. The molecule has 8 heteroatoms. The van der Waals surface area contributed by atoms with Crippen LogP contribution in [0.5, 0.6) is 0 Å². The van der Waals surface area contributed by atoms with Crippen LogP contribution in [0.2, 0.25) is 0 Å². The first-order valence-electron chi connectivity index (χ1n) is 13.3. The van der Waals surface area contributed by atoms with Gasteiger partial charge in [0.05, 0.1) is 5.69 Å². The Bertz CT molecular complexity index is 1370. The molecule has 0 saturated carbocycles. The number of carbonyl (C=O) groups is 1. The molecule has 2 aliphatic heterocycles. The minimum atomic E-state index is -3.88. The van der Waals surface area contributed by atoms with Gasteiger partial charge in [-0.2, -0.15) is 0 Å². The van der Waals surface area contributed by atoms with Crippen molar-refractivity contribution in [3.8, 4) is 0 Å². The molecule has 7 nitrogen and oxygen atoms in total. The summed E-state index contributed by atoms with van der Waals surface area (Å²) in [4.78, 5) is 22.7. The quantitative estimate of drug-likeness (QED) is 0.419. The third-order valence-electron chi connectivity index (χ3n) is 7.20. The van der Waals surface area contributed by atoms with Crippen LogP contribution in [0.3, 0.4) is 0 Å². The molecule has 1 unspecified atom stereocenters. The predicted molar refractivity (Wildman–Crippen MR) is 152 cm³/mol. The highest BCUT2D eigenvalue weighted by molar-refractivity contribution is 7.91. The monoisotopic (exact) mass is 530 g/mol. The highest BCUT2D eigenvalue weighted by Crippen LogP contribution is 2.36. The van der Waals surface area contributed by atoms with Gasteiger partial charge >= 0.3 is 0 Å². The Balaban J connectivity index is 1.33. The van der Waals surface area contributed by atoms with Gasteiger partial charge in [0, 0.05) is 45.0 Å². The van der Waals surface area contributed by atoms with Crippen molar-refractivity contribution in [2.75, 3.05) is 37.6 Å². The molecule has 1 amide bonds. The van der Waals surface area contributed by atoms with Crippen molar-refractivity contribution in [2.24, 2.45) is 4.99 Å². The Morgan fingerprint density at radius 2 is 1.47 bits per heavy atom. The minimum absolute atomic E-state index is 0.0644. The van der Waals surface area contributed by atoms with Crippen LogP contribution in [0.1, 0.15) is 36.1 Å². The van der Waals surface area contributed by atoms with Crippen molar-refractivity contribution in [1.82, 2.24) is 9.21 Å². The molecule has 0 aliphatic carbocycles. The van der Waals surface area contributed by atoms with E-state index in [0.29, 0.717) is 17.7 Å². The van der Waals surface area contributed by atoms with Gasteiger partial charge in [-0.3, -0.25) is 9.69 Å². The zero-order valence-electron chi connectivity index (χ0n) is 21.7. The smallest absolute Gasteiger partial charge is 0.283 e. The lowest BCUT2D eigenvalue weighted by molar-refractivity contribution is -0.119. The number of carbonyl (C=O) groups excluding carboxylic acids is 1. The third-order valence-corrected chi connectivity index (χ3v) is 9.26. The van der Waals surface area contributed by atoms with Crippen molar-refractivity contribution >= 4 is 33.0 Å². The van der Waals surface area contributed by atoms with Crippen LogP contribution in [0, 0.1) is 0 Å². The lowest BCUT2D eigenvalue weighted by atomic mass is 10.1. The molecule has 5 rings (SSSR count). The largest absolute Gasteiger partial charge is 0.369 e. The maximum absolute atomic E-state index is 13.4. The molecule has 2 fully saturated rings.